The average Bonchev–Trinajstić information content (AvgIpc) is 2.59. The molecule has 0 fully saturated rings. The van der Waals surface area contributed by atoms with Crippen LogP contribution >= 0.6 is 15.9 Å². The lowest BCUT2D eigenvalue weighted by Crippen LogP contribution is -2.19. The molecule has 0 atom stereocenters. The maximum Gasteiger partial charge on any atom is 0.336 e. The highest BCUT2D eigenvalue weighted by molar-refractivity contribution is 9.10. The maximum absolute atomic E-state index is 11.9. The minimum Gasteiger partial charge on any atom is -0.423 e. The monoisotopic (exact) mass is 400 g/mol. The molecule has 0 spiro atoms. The fraction of sp³-hybridized carbons (Fsp3) is 0.158. The molecule has 0 aliphatic carbocycles. The van der Waals surface area contributed by atoms with E-state index in [9.17, 15) is 9.59 Å². The van der Waals surface area contributed by atoms with Crippen LogP contribution in [0.2, 0.25) is 0 Å². The zero-order chi connectivity index (χ0) is 18.0. The van der Waals surface area contributed by atoms with Crippen LogP contribution in [0.25, 0.3) is 11.0 Å². The first-order chi connectivity index (χ1) is 12.0. The van der Waals surface area contributed by atoms with Gasteiger partial charge in [-0.25, -0.2) is 4.79 Å². The van der Waals surface area contributed by atoms with Crippen LogP contribution in [0.15, 0.2) is 56.1 Å². The standard InChI is InChI=1S/C19H17BrN2O3/c1-11-14(19(24)21-2)4-3-5-16(11)22-10-12-8-18(23)25-17-9-13(20)6-7-15(12)17/h3-9,22H,10H2,1-2H3,(H,21,24). The van der Waals surface area contributed by atoms with Gasteiger partial charge in [-0.15, -0.1) is 0 Å². The number of rotatable bonds is 4. The third kappa shape index (κ3) is 3.58. The molecule has 0 saturated heterocycles. The second kappa shape index (κ2) is 7.11. The van der Waals surface area contributed by atoms with Gasteiger partial charge in [0.25, 0.3) is 5.91 Å². The Morgan fingerprint density at radius 3 is 2.76 bits per heavy atom. The summed E-state index contributed by atoms with van der Waals surface area (Å²) in [5, 5.41) is 6.82. The minimum absolute atomic E-state index is 0.128. The van der Waals surface area contributed by atoms with E-state index >= 15 is 0 Å². The predicted molar refractivity (Wildman–Crippen MR) is 102 cm³/mol. The molecular weight excluding hydrogens is 384 g/mol. The molecule has 3 rings (SSSR count). The van der Waals surface area contributed by atoms with Gasteiger partial charge in [-0.05, 0) is 48.4 Å². The summed E-state index contributed by atoms with van der Waals surface area (Å²) in [6, 6.07) is 12.6. The van der Waals surface area contributed by atoms with Gasteiger partial charge in [-0.2, -0.15) is 0 Å². The molecule has 25 heavy (non-hydrogen) atoms. The molecule has 5 nitrogen and oxygen atoms in total. The molecule has 0 aliphatic heterocycles. The van der Waals surface area contributed by atoms with Crippen LogP contribution in [0.3, 0.4) is 0 Å². The van der Waals surface area contributed by atoms with Gasteiger partial charge in [-0.3, -0.25) is 4.79 Å². The molecule has 2 aromatic carbocycles. The lowest BCUT2D eigenvalue weighted by Gasteiger charge is -2.13. The highest BCUT2D eigenvalue weighted by Gasteiger charge is 2.11. The van der Waals surface area contributed by atoms with Gasteiger partial charge in [0.05, 0.1) is 0 Å². The van der Waals surface area contributed by atoms with Gasteiger partial charge < -0.3 is 15.1 Å². The summed E-state index contributed by atoms with van der Waals surface area (Å²) in [7, 11) is 1.61. The Kier molecular flexibility index (Phi) is 4.90. The number of nitrogens with one attached hydrogen (secondary N) is 2. The second-order valence-corrected chi connectivity index (χ2v) is 6.56. The van der Waals surface area contributed by atoms with Crippen LogP contribution < -0.4 is 16.3 Å². The smallest absolute Gasteiger partial charge is 0.336 e. The number of fused-ring (bicyclic) bond motifs is 1. The van der Waals surface area contributed by atoms with Crippen molar-refractivity contribution < 1.29 is 9.21 Å². The van der Waals surface area contributed by atoms with E-state index in [1.165, 1.54) is 6.07 Å². The summed E-state index contributed by atoms with van der Waals surface area (Å²) < 4.78 is 6.11. The Hall–Kier alpha value is -2.60. The predicted octanol–water partition coefficient (Wildman–Crippen LogP) is 3.84. The number of carbonyl (C=O) groups is 1. The van der Waals surface area contributed by atoms with E-state index in [-0.39, 0.29) is 5.91 Å². The lowest BCUT2D eigenvalue weighted by atomic mass is 10.1. The molecule has 0 radical (unpaired) electrons. The van der Waals surface area contributed by atoms with Crippen molar-refractivity contribution in [3.63, 3.8) is 0 Å². The summed E-state index contributed by atoms with van der Waals surface area (Å²) in [4.78, 5) is 23.7. The number of hydrogen-bond donors (Lipinski definition) is 2. The Morgan fingerprint density at radius 2 is 2.00 bits per heavy atom. The number of benzene rings is 2. The van der Waals surface area contributed by atoms with Crippen molar-refractivity contribution in [3.8, 4) is 0 Å². The molecule has 0 aliphatic rings. The molecule has 2 N–H and O–H groups in total. The first-order valence-electron chi connectivity index (χ1n) is 7.77. The Labute approximate surface area is 153 Å². The molecule has 0 bridgehead atoms. The zero-order valence-electron chi connectivity index (χ0n) is 13.9. The molecule has 1 aromatic heterocycles. The van der Waals surface area contributed by atoms with Crippen molar-refractivity contribution >= 4 is 38.5 Å². The molecule has 0 unspecified atom stereocenters. The molecule has 1 heterocycles. The lowest BCUT2D eigenvalue weighted by molar-refractivity contribution is 0.0962. The highest BCUT2D eigenvalue weighted by atomic mass is 79.9. The summed E-state index contributed by atoms with van der Waals surface area (Å²) in [5.41, 5.74) is 3.31. The third-order valence-corrected chi connectivity index (χ3v) is 4.56. The highest BCUT2D eigenvalue weighted by Crippen LogP contribution is 2.24. The van der Waals surface area contributed by atoms with Crippen molar-refractivity contribution in [1.82, 2.24) is 5.32 Å². The fourth-order valence-electron chi connectivity index (χ4n) is 2.75. The number of carbonyl (C=O) groups excluding carboxylic acids is 1. The summed E-state index contributed by atoms with van der Waals surface area (Å²) in [6.07, 6.45) is 0. The molecule has 3 aromatic rings. The first kappa shape index (κ1) is 17.2. The van der Waals surface area contributed by atoms with Gasteiger partial charge in [0.15, 0.2) is 0 Å². The van der Waals surface area contributed by atoms with Crippen molar-refractivity contribution in [2.24, 2.45) is 0 Å². The van der Waals surface area contributed by atoms with E-state index in [2.05, 4.69) is 26.6 Å². The first-order valence-corrected chi connectivity index (χ1v) is 8.56. The number of halogens is 1. The summed E-state index contributed by atoms with van der Waals surface area (Å²) in [5.74, 6) is -0.128. The summed E-state index contributed by atoms with van der Waals surface area (Å²) in [6.45, 7) is 2.34. The van der Waals surface area contributed by atoms with Gasteiger partial charge in [0.1, 0.15) is 5.58 Å². The van der Waals surface area contributed by atoms with Crippen LogP contribution in [-0.4, -0.2) is 13.0 Å². The number of amides is 1. The third-order valence-electron chi connectivity index (χ3n) is 4.07. The Bertz CT molecular complexity index is 1010. The molecule has 1 amide bonds. The van der Waals surface area contributed by atoms with Crippen LogP contribution in [-0.2, 0) is 6.54 Å². The largest absolute Gasteiger partial charge is 0.423 e. The quantitative estimate of drug-likeness (QED) is 0.652. The van der Waals surface area contributed by atoms with Crippen LogP contribution in [0.1, 0.15) is 21.5 Å². The molecular formula is C19H17BrN2O3. The van der Waals surface area contributed by atoms with Crippen molar-refractivity contribution in [2.45, 2.75) is 13.5 Å². The van der Waals surface area contributed by atoms with Crippen molar-refractivity contribution in [2.75, 3.05) is 12.4 Å². The van der Waals surface area contributed by atoms with Gasteiger partial charge >= 0.3 is 5.63 Å². The molecule has 128 valence electrons. The van der Waals surface area contributed by atoms with E-state index in [0.29, 0.717) is 17.7 Å². The fourth-order valence-corrected chi connectivity index (χ4v) is 3.09. The van der Waals surface area contributed by atoms with Crippen molar-refractivity contribution in [3.05, 3.63) is 74.0 Å². The van der Waals surface area contributed by atoms with E-state index < -0.39 is 5.63 Å². The average molecular weight is 401 g/mol. The Morgan fingerprint density at radius 1 is 1.20 bits per heavy atom. The van der Waals surface area contributed by atoms with Gasteiger partial charge in [-0.1, -0.05) is 22.0 Å². The number of hydrogen-bond acceptors (Lipinski definition) is 4. The van der Waals surface area contributed by atoms with E-state index in [1.54, 1.807) is 19.2 Å². The van der Waals surface area contributed by atoms with E-state index in [0.717, 1.165) is 26.7 Å². The zero-order valence-corrected chi connectivity index (χ0v) is 15.4. The topological polar surface area (TPSA) is 71.3 Å². The van der Waals surface area contributed by atoms with Crippen LogP contribution in [0.4, 0.5) is 5.69 Å². The normalized spacial score (nSPS) is 10.7. The SMILES string of the molecule is CNC(=O)c1cccc(NCc2cc(=O)oc3cc(Br)ccc23)c1C. The number of anilines is 1. The minimum atomic E-state index is -0.391. The van der Waals surface area contributed by atoms with Crippen molar-refractivity contribution in [1.29, 1.82) is 0 Å². The van der Waals surface area contributed by atoms with Gasteiger partial charge in [0, 0.05) is 40.8 Å². The van der Waals surface area contributed by atoms with E-state index in [1.807, 2.05) is 31.2 Å². The maximum atomic E-state index is 11.9. The van der Waals surface area contributed by atoms with Crippen LogP contribution in [0.5, 0.6) is 0 Å². The molecule has 6 heteroatoms. The van der Waals surface area contributed by atoms with E-state index in [4.69, 9.17) is 4.42 Å². The Balaban J connectivity index is 1.94. The second-order valence-electron chi connectivity index (χ2n) is 5.64. The van der Waals surface area contributed by atoms with Crippen LogP contribution in [0, 0.1) is 6.92 Å². The van der Waals surface area contributed by atoms with Gasteiger partial charge in [0.2, 0.25) is 0 Å². The summed E-state index contributed by atoms with van der Waals surface area (Å²) >= 11 is 3.38. The molecule has 0 saturated carbocycles.